The van der Waals surface area contributed by atoms with Crippen LogP contribution in [0.5, 0.6) is 11.5 Å². The normalized spacial score (nSPS) is 14.2. The maximum atomic E-state index is 13.2. The van der Waals surface area contributed by atoms with Crippen molar-refractivity contribution in [3.05, 3.63) is 58.6 Å². The van der Waals surface area contributed by atoms with Gasteiger partial charge in [0.2, 0.25) is 0 Å². The molecule has 2 aromatic rings. The Kier molecular flexibility index (Phi) is 9.79. The van der Waals surface area contributed by atoms with Crippen LogP contribution in [0.4, 0.5) is 13.2 Å². The first-order valence-electron chi connectivity index (χ1n) is 10.2. The van der Waals surface area contributed by atoms with E-state index in [0.29, 0.717) is 24.3 Å². The predicted molar refractivity (Wildman–Crippen MR) is 121 cm³/mol. The zero-order valence-electron chi connectivity index (χ0n) is 18.4. The average Bonchev–Trinajstić information content (AvgIpc) is 2.78. The molecule has 0 saturated heterocycles. The number of para-hydroxylation sites is 1. The smallest absolute Gasteiger partial charge is 0.419 e. The van der Waals surface area contributed by atoms with E-state index in [-0.39, 0.29) is 30.7 Å². The lowest BCUT2D eigenvalue weighted by atomic mass is 9.91. The Morgan fingerprint density at radius 3 is 2.33 bits per heavy atom. The van der Waals surface area contributed by atoms with Crippen LogP contribution in [0.1, 0.15) is 30.4 Å². The van der Waals surface area contributed by atoms with E-state index in [1.807, 2.05) is 0 Å². The van der Waals surface area contributed by atoms with Crippen molar-refractivity contribution < 1.29 is 36.6 Å². The molecule has 0 saturated carbocycles. The molecule has 11 heteroatoms. The summed E-state index contributed by atoms with van der Waals surface area (Å²) in [5.74, 6) is -0.132. The molecule has 1 unspecified atom stereocenters. The van der Waals surface area contributed by atoms with E-state index in [1.54, 1.807) is 12.1 Å². The van der Waals surface area contributed by atoms with Gasteiger partial charge in [0, 0.05) is 24.8 Å². The molecule has 0 spiro atoms. The zero-order chi connectivity index (χ0) is 24.7. The highest BCUT2D eigenvalue weighted by Crippen LogP contribution is 2.47. The van der Waals surface area contributed by atoms with Crippen LogP contribution in [0, 0.1) is 0 Å². The lowest BCUT2D eigenvalue weighted by molar-refractivity contribution is -0.138. The molecule has 0 aromatic heterocycles. The van der Waals surface area contributed by atoms with Gasteiger partial charge in [-0.1, -0.05) is 29.8 Å². The maximum Gasteiger partial charge on any atom is 0.419 e. The number of aliphatic hydroxyl groups excluding tert-OH is 1. The standard InChI is InChI=1S/C22H28ClF3NO5P/c1-30-33(29,31-2)13-12-21(27,15-28)11-5-6-16-9-10-17(14-19(16)23)32-20-8-4-3-7-18(20)22(24,25)26/h3-4,7-10,14,28H,5-6,11-13,15,27H2,1-2H3. The first-order valence-corrected chi connectivity index (χ1v) is 12.3. The third-order valence-electron chi connectivity index (χ3n) is 5.32. The summed E-state index contributed by atoms with van der Waals surface area (Å²) in [5.41, 5.74) is 5.16. The zero-order valence-corrected chi connectivity index (χ0v) is 20.1. The van der Waals surface area contributed by atoms with E-state index in [9.17, 15) is 22.8 Å². The molecule has 2 rings (SSSR count). The van der Waals surface area contributed by atoms with Crippen LogP contribution >= 0.6 is 19.2 Å². The fraction of sp³-hybridized carbons (Fsp3) is 0.455. The van der Waals surface area contributed by atoms with E-state index in [2.05, 4.69) is 0 Å². The second kappa shape index (κ2) is 11.7. The number of halogens is 4. The van der Waals surface area contributed by atoms with E-state index >= 15 is 0 Å². The number of ether oxygens (including phenoxy) is 1. The molecule has 0 heterocycles. The van der Waals surface area contributed by atoms with Crippen LogP contribution in [-0.4, -0.2) is 37.6 Å². The molecule has 0 aliphatic rings. The van der Waals surface area contributed by atoms with Gasteiger partial charge in [-0.15, -0.1) is 0 Å². The van der Waals surface area contributed by atoms with Crippen molar-refractivity contribution in [2.24, 2.45) is 5.73 Å². The van der Waals surface area contributed by atoms with Crippen molar-refractivity contribution in [2.45, 2.75) is 37.4 Å². The highest BCUT2D eigenvalue weighted by Gasteiger charge is 2.34. The van der Waals surface area contributed by atoms with Crippen molar-refractivity contribution in [3.8, 4) is 11.5 Å². The molecule has 0 fully saturated rings. The SMILES string of the molecule is COP(=O)(CCC(N)(CO)CCCc1ccc(Oc2ccccc2C(F)(F)F)cc1Cl)OC. The van der Waals surface area contributed by atoms with E-state index in [4.69, 9.17) is 31.1 Å². The largest absolute Gasteiger partial charge is 0.457 e. The number of alkyl halides is 3. The van der Waals surface area contributed by atoms with E-state index in [1.165, 1.54) is 38.5 Å². The summed E-state index contributed by atoms with van der Waals surface area (Å²) in [5, 5.41) is 10.1. The summed E-state index contributed by atoms with van der Waals surface area (Å²) in [6, 6.07) is 9.62. The second-order valence-electron chi connectivity index (χ2n) is 7.67. The van der Waals surface area contributed by atoms with Gasteiger partial charge in [-0.05, 0) is 55.5 Å². The summed E-state index contributed by atoms with van der Waals surface area (Å²) in [4.78, 5) is 0. The number of benzene rings is 2. The lowest BCUT2D eigenvalue weighted by Gasteiger charge is -2.28. The van der Waals surface area contributed by atoms with Gasteiger partial charge in [-0.25, -0.2) is 0 Å². The molecule has 0 aliphatic heterocycles. The van der Waals surface area contributed by atoms with Crippen LogP contribution in [0.2, 0.25) is 5.02 Å². The van der Waals surface area contributed by atoms with Crippen molar-refractivity contribution in [3.63, 3.8) is 0 Å². The Bertz CT molecular complexity index is 967. The van der Waals surface area contributed by atoms with Crippen LogP contribution in [0.25, 0.3) is 0 Å². The Morgan fingerprint density at radius 1 is 1.09 bits per heavy atom. The third-order valence-corrected chi connectivity index (χ3v) is 7.56. The molecule has 6 nitrogen and oxygen atoms in total. The lowest BCUT2D eigenvalue weighted by Crippen LogP contribution is -2.44. The van der Waals surface area contributed by atoms with Crippen molar-refractivity contribution >= 4 is 19.2 Å². The molecule has 0 radical (unpaired) electrons. The monoisotopic (exact) mass is 509 g/mol. The number of nitrogens with two attached hydrogens (primary N) is 1. The highest BCUT2D eigenvalue weighted by molar-refractivity contribution is 7.53. The summed E-state index contributed by atoms with van der Waals surface area (Å²) in [6.45, 7) is -0.306. The quantitative estimate of drug-likeness (QED) is 0.339. The number of hydrogen-bond donors (Lipinski definition) is 2. The molecule has 184 valence electrons. The number of aliphatic hydroxyl groups is 1. The number of aryl methyl sites for hydroxylation is 1. The first-order chi connectivity index (χ1) is 15.4. The van der Waals surface area contributed by atoms with Gasteiger partial charge < -0.3 is 24.6 Å². The Morgan fingerprint density at radius 2 is 1.76 bits per heavy atom. The van der Waals surface area contributed by atoms with Gasteiger partial charge in [0.15, 0.2) is 0 Å². The van der Waals surface area contributed by atoms with Crippen LogP contribution in [-0.2, 0) is 26.2 Å². The van der Waals surface area contributed by atoms with Gasteiger partial charge in [-0.2, -0.15) is 13.2 Å². The highest BCUT2D eigenvalue weighted by atomic mass is 35.5. The van der Waals surface area contributed by atoms with Crippen molar-refractivity contribution in [1.82, 2.24) is 0 Å². The van der Waals surface area contributed by atoms with Gasteiger partial charge in [0.05, 0.1) is 18.3 Å². The minimum atomic E-state index is -4.54. The molecule has 33 heavy (non-hydrogen) atoms. The minimum absolute atomic E-state index is 0.0727. The average molecular weight is 510 g/mol. The molecular formula is C22H28ClF3NO5P. The Labute approximate surface area is 196 Å². The molecule has 0 bridgehead atoms. The van der Waals surface area contributed by atoms with Gasteiger partial charge >= 0.3 is 13.8 Å². The molecular weight excluding hydrogens is 482 g/mol. The molecule has 2 aromatic carbocycles. The van der Waals surface area contributed by atoms with Crippen LogP contribution in [0.15, 0.2) is 42.5 Å². The van der Waals surface area contributed by atoms with Gasteiger partial charge in [0.25, 0.3) is 0 Å². The fourth-order valence-corrected chi connectivity index (χ4v) is 4.74. The Hall–Kier alpha value is -1.61. The number of hydrogen-bond acceptors (Lipinski definition) is 6. The second-order valence-corrected chi connectivity index (χ2v) is 10.5. The van der Waals surface area contributed by atoms with Gasteiger partial charge in [0.1, 0.15) is 11.5 Å². The van der Waals surface area contributed by atoms with Crippen molar-refractivity contribution in [1.29, 1.82) is 0 Å². The third kappa shape index (κ3) is 7.98. The maximum absolute atomic E-state index is 13.2. The fourth-order valence-electron chi connectivity index (χ4n) is 3.24. The minimum Gasteiger partial charge on any atom is -0.457 e. The molecule has 0 amide bonds. The predicted octanol–water partition coefficient (Wildman–Crippen LogP) is 6.04. The Balaban J connectivity index is 2.00. The first kappa shape index (κ1) is 27.6. The summed E-state index contributed by atoms with van der Waals surface area (Å²) in [6.07, 6.45) is -2.72. The van der Waals surface area contributed by atoms with Crippen molar-refractivity contribution in [2.75, 3.05) is 27.0 Å². The molecule has 3 N–H and O–H groups in total. The summed E-state index contributed by atoms with van der Waals surface area (Å²) in [7, 11) is -0.654. The van der Waals surface area contributed by atoms with Crippen LogP contribution < -0.4 is 10.5 Å². The van der Waals surface area contributed by atoms with E-state index in [0.717, 1.165) is 11.6 Å². The molecule has 0 aliphatic carbocycles. The molecule has 1 atom stereocenters. The number of rotatable bonds is 12. The summed E-state index contributed by atoms with van der Waals surface area (Å²) >= 11 is 6.31. The van der Waals surface area contributed by atoms with E-state index < -0.39 is 24.9 Å². The van der Waals surface area contributed by atoms with Crippen LogP contribution in [0.3, 0.4) is 0 Å². The summed E-state index contributed by atoms with van der Waals surface area (Å²) < 4.78 is 66.9. The van der Waals surface area contributed by atoms with Gasteiger partial charge in [-0.3, -0.25) is 4.57 Å². The topological polar surface area (TPSA) is 91.0 Å².